The number of nitrogens with zero attached hydrogens (tertiary/aromatic N) is 3. The second-order valence-electron chi connectivity index (χ2n) is 9.00. The van der Waals surface area contributed by atoms with Crippen LogP contribution in [-0.4, -0.2) is 33.5 Å². The quantitative estimate of drug-likeness (QED) is 0.106. The van der Waals surface area contributed by atoms with Gasteiger partial charge in [0.2, 0.25) is 0 Å². The minimum atomic E-state index is -0.322. The molecule has 0 saturated carbocycles. The van der Waals surface area contributed by atoms with Gasteiger partial charge in [-0.25, -0.2) is 10.4 Å². The van der Waals surface area contributed by atoms with Crippen molar-refractivity contribution in [1.82, 2.24) is 15.0 Å². The summed E-state index contributed by atoms with van der Waals surface area (Å²) in [5.74, 6) is 0.426. The van der Waals surface area contributed by atoms with E-state index in [1.165, 1.54) is 16.6 Å². The summed E-state index contributed by atoms with van der Waals surface area (Å²) in [6.07, 6.45) is 4.05. The maximum atomic E-state index is 13.9. The van der Waals surface area contributed by atoms with Gasteiger partial charge in [-0.2, -0.15) is 5.10 Å². The van der Waals surface area contributed by atoms with Crippen molar-refractivity contribution in [3.63, 3.8) is 0 Å². The average Bonchev–Trinajstić information content (AvgIpc) is 3.31. The first kappa shape index (κ1) is 27.7. The highest BCUT2D eigenvalue weighted by atomic mass is 35.5. The molecule has 1 aliphatic rings. The summed E-state index contributed by atoms with van der Waals surface area (Å²) in [5, 5.41) is 6.21. The maximum Gasteiger partial charge on any atom is 0.267 e. The number of ether oxygens (including phenoxy) is 1. The molecule has 11 heteroatoms. The highest BCUT2D eigenvalue weighted by molar-refractivity contribution is 7.99. The molecule has 1 amide bonds. The highest BCUT2D eigenvalue weighted by Crippen LogP contribution is 2.35. The first-order valence-electron chi connectivity index (χ1n) is 12.6. The van der Waals surface area contributed by atoms with Gasteiger partial charge in [0.1, 0.15) is 10.6 Å². The molecule has 0 atom stereocenters. The molecule has 2 aromatic heterocycles. The van der Waals surface area contributed by atoms with Crippen LogP contribution in [0.15, 0.2) is 57.5 Å². The molecule has 7 nitrogen and oxygen atoms in total. The fourth-order valence-corrected chi connectivity index (χ4v) is 6.87. The Morgan fingerprint density at radius 1 is 1.15 bits per heavy atom. The highest BCUT2D eigenvalue weighted by Gasteiger charge is 2.23. The second-order valence-corrected chi connectivity index (χ2v) is 11.8. The zero-order valence-corrected chi connectivity index (χ0v) is 24.6. The largest absolute Gasteiger partial charge is 0.494 e. The molecule has 5 rings (SSSR count). The topological polar surface area (TPSA) is 85.6 Å². The third kappa shape index (κ3) is 6.01. The zero-order chi connectivity index (χ0) is 27.5. The number of thioether (sulfide) groups is 1. The lowest BCUT2D eigenvalue weighted by Crippen LogP contribution is -2.24. The Morgan fingerprint density at radius 3 is 2.67 bits per heavy atom. The van der Waals surface area contributed by atoms with Crippen LogP contribution in [0.2, 0.25) is 10.0 Å². The molecule has 0 bridgehead atoms. The number of amides is 1. The molecule has 2 aromatic carbocycles. The molecule has 0 spiro atoms. The number of fused-ring (bicyclic) bond motifs is 3. The van der Waals surface area contributed by atoms with Gasteiger partial charge in [-0.05, 0) is 87.1 Å². The molecule has 202 valence electrons. The second kappa shape index (κ2) is 12.1. The molecule has 0 unspecified atom stereocenters. The van der Waals surface area contributed by atoms with E-state index >= 15 is 0 Å². The number of hydrogen-bond acceptors (Lipinski definition) is 7. The number of carbonyl (C=O) groups excluding carboxylic acids is 1. The molecule has 1 N–H and O–H groups in total. The van der Waals surface area contributed by atoms with Crippen molar-refractivity contribution in [2.24, 2.45) is 5.10 Å². The fraction of sp³-hybridized carbons (Fsp3) is 0.286. The number of thiophene rings is 1. The Hall–Kier alpha value is -2.85. The van der Waals surface area contributed by atoms with Gasteiger partial charge in [0.25, 0.3) is 11.5 Å². The number of aromatic nitrogens is 2. The minimum Gasteiger partial charge on any atom is -0.494 e. The number of hydrogen-bond donors (Lipinski definition) is 1. The first-order chi connectivity index (χ1) is 18.9. The third-order valence-corrected chi connectivity index (χ3v) is 9.25. The number of benzene rings is 2. The summed E-state index contributed by atoms with van der Waals surface area (Å²) in [5.41, 5.74) is 5.60. The summed E-state index contributed by atoms with van der Waals surface area (Å²) in [7, 11) is 0. The van der Waals surface area contributed by atoms with Gasteiger partial charge in [0, 0.05) is 4.88 Å². The van der Waals surface area contributed by atoms with Crippen LogP contribution in [0.1, 0.15) is 42.7 Å². The third-order valence-electron chi connectivity index (χ3n) is 6.38. The zero-order valence-electron chi connectivity index (χ0n) is 21.4. The van der Waals surface area contributed by atoms with Gasteiger partial charge < -0.3 is 4.74 Å². The molecule has 1 aliphatic carbocycles. The van der Waals surface area contributed by atoms with Crippen LogP contribution in [0.3, 0.4) is 0 Å². The molecular weight excluding hydrogens is 575 g/mol. The molecule has 0 aliphatic heterocycles. The summed E-state index contributed by atoms with van der Waals surface area (Å²) >= 11 is 14.9. The summed E-state index contributed by atoms with van der Waals surface area (Å²) in [6, 6.07) is 12.5. The van der Waals surface area contributed by atoms with Crippen LogP contribution in [0.5, 0.6) is 5.75 Å². The predicted octanol–water partition coefficient (Wildman–Crippen LogP) is 6.66. The SMILES string of the molecule is CCOc1ccc(-n2c(SCC(=O)NN=C(C)c3ccc(Cl)c(Cl)c3)nc3sc4c(c3c2=O)CCCC4)cc1. The van der Waals surface area contributed by atoms with E-state index in [1.54, 1.807) is 41.0 Å². The van der Waals surface area contributed by atoms with Gasteiger partial charge in [-0.1, -0.05) is 41.0 Å². The number of rotatable bonds is 8. The molecule has 4 aromatic rings. The Labute approximate surface area is 244 Å². The van der Waals surface area contributed by atoms with Gasteiger partial charge >= 0.3 is 0 Å². The number of hydrazone groups is 1. The molecular formula is C28H26Cl2N4O3S2. The van der Waals surface area contributed by atoms with Gasteiger partial charge in [0.15, 0.2) is 5.16 Å². The predicted molar refractivity (Wildman–Crippen MR) is 161 cm³/mol. The number of aryl methyl sites for hydroxylation is 2. The average molecular weight is 602 g/mol. The minimum absolute atomic E-state index is 0.0260. The Kier molecular flexibility index (Phi) is 8.61. The van der Waals surface area contributed by atoms with Crippen LogP contribution >= 0.6 is 46.3 Å². The van der Waals surface area contributed by atoms with Gasteiger partial charge in [-0.15, -0.1) is 11.3 Å². The monoisotopic (exact) mass is 600 g/mol. The normalized spacial score (nSPS) is 13.4. The molecule has 2 heterocycles. The van der Waals surface area contributed by atoms with E-state index in [0.29, 0.717) is 38.6 Å². The molecule has 0 saturated heterocycles. The first-order valence-corrected chi connectivity index (χ1v) is 15.1. The standard InChI is InChI=1S/C28H26Cl2N4O3S2/c1-3-37-19-11-9-18(10-12-19)34-27(36)25-20-6-4-5-7-23(20)39-26(25)31-28(34)38-15-24(35)33-32-16(2)17-8-13-21(29)22(30)14-17/h8-14H,3-7,15H2,1-2H3,(H,33,35). The van der Waals surface area contributed by atoms with E-state index in [-0.39, 0.29) is 17.2 Å². The van der Waals surface area contributed by atoms with E-state index < -0.39 is 0 Å². The van der Waals surface area contributed by atoms with Crippen molar-refractivity contribution in [2.75, 3.05) is 12.4 Å². The van der Waals surface area contributed by atoms with E-state index in [4.69, 9.17) is 32.9 Å². The van der Waals surface area contributed by atoms with E-state index in [9.17, 15) is 9.59 Å². The Bertz CT molecular complexity index is 1630. The van der Waals surface area contributed by atoms with Crippen molar-refractivity contribution in [3.05, 3.63) is 78.9 Å². The Balaban J connectivity index is 1.43. The summed E-state index contributed by atoms with van der Waals surface area (Å²) in [6.45, 7) is 4.24. The number of carbonyl (C=O) groups is 1. The fourth-order valence-electron chi connectivity index (χ4n) is 4.46. The van der Waals surface area contributed by atoms with E-state index in [0.717, 1.165) is 47.4 Å². The summed E-state index contributed by atoms with van der Waals surface area (Å²) in [4.78, 5) is 33.5. The number of nitrogens with one attached hydrogen (secondary N) is 1. The van der Waals surface area contributed by atoms with Crippen LogP contribution in [0.4, 0.5) is 0 Å². The summed E-state index contributed by atoms with van der Waals surface area (Å²) < 4.78 is 7.17. The molecule has 0 radical (unpaired) electrons. The van der Waals surface area contributed by atoms with Gasteiger partial charge in [0.05, 0.1) is 39.2 Å². The molecule has 39 heavy (non-hydrogen) atoms. The van der Waals surface area contributed by atoms with Crippen molar-refractivity contribution < 1.29 is 9.53 Å². The van der Waals surface area contributed by atoms with E-state index in [2.05, 4.69) is 10.5 Å². The van der Waals surface area contributed by atoms with E-state index in [1.807, 2.05) is 31.2 Å². The maximum absolute atomic E-state index is 13.9. The lowest BCUT2D eigenvalue weighted by Gasteiger charge is -2.14. The van der Waals surface area contributed by atoms with Crippen molar-refractivity contribution in [2.45, 2.75) is 44.7 Å². The Morgan fingerprint density at radius 2 is 1.92 bits per heavy atom. The van der Waals surface area contributed by atoms with Crippen molar-refractivity contribution in [3.8, 4) is 11.4 Å². The van der Waals surface area contributed by atoms with Crippen LogP contribution in [0.25, 0.3) is 15.9 Å². The van der Waals surface area contributed by atoms with Crippen LogP contribution < -0.4 is 15.7 Å². The van der Waals surface area contributed by atoms with Crippen LogP contribution in [-0.2, 0) is 17.6 Å². The van der Waals surface area contributed by atoms with Gasteiger partial charge in [-0.3, -0.25) is 14.2 Å². The van der Waals surface area contributed by atoms with Crippen LogP contribution in [0, 0.1) is 0 Å². The lowest BCUT2D eigenvalue weighted by atomic mass is 9.97. The smallest absolute Gasteiger partial charge is 0.267 e. The molecule has 0 fully saturated rings. The van der Waals surface area contributed by atoms with Crippen molar-refractivity contribution >= 4 is 68.1 Å². The lowest BCUT2D eigenvalue weighted by molar-refractivity contribution is -0.118. The van der Waals surface area contributed by atoms with Crippen molar-refractivity contribution in [1.29, 1.82) is 0 Å². The number of halogens is 2.